The van der Waals surface area contributed by atoms with Crippen LogP contribution in [0.2, 0.25) is 0 Å². The number of aromatic nitrogens is 3. The van der Waals surface area contributed by atoms with E-state index in [1.54, 1.807) is 55.0 Å². The average molecular weight is 405 g/mol. The molecule has 1 saturated carbocycles. The predicted octanol–water partition coefficient (Wildman–Crippen LogP) is 4.60. The molecule has 0 atom stereocenters. The van der Waals surface area contributed by atoms with Crippen molar-refractivity contribution in [3.05, 3.63) is 78.1 Å². The fraction of sp³-hybridized carbons (Fsp3) is 0.333. The van der Waals surface area contributed by atoms with Crippen LogP contribution in [0.4, 0.5) is 4.39 Å². The van der Waals surface area contributed by atoms with Crippen molar-refractivity contribution < 1.29 is 14.0 Å². The van der Waals surface area contributed by atoms with E-state index >= 15 is 0 Å². The molecule has 0 aliphatic heterocycles. The molecule has 0 unspecified atom stereocenters. The van der Waals surface area contributed by atoms with Crippen LogP contribution < -0.4 is 0 Å². The zero-order valence-electron chi connectivity index (χ0n) is 16.7. The van der Waals surface area contributed by atoms with Gasteiger partial charge in [-0.3, -0.25) is 14.6 Å². The first-order valence-corrected chi connectivity index (χ1v) is 10.4. The SMILES string of the molecule is O=C(CC1CCC(C(=O)Cc2ccn(-c3ccccc3F)n2)CC1)c1ccncc1. The van der Waals surface area contributed by atoms with E-state index in [9.17, 15) is 14.0 Å². The number of Topliss-reactive ketones (excluding diaryl/α,β-unsaturated/α-hetero) is 2. The maximum absolute atomic E-state index is 13.9. The highest BCUT2D eigenvalue weighted by atomic mass is 19.1. The van der Waals surface area contributed by atoms with E-state index in [2.05, 4.69) is 10.1 Å². The molecule has 0 spiro atoms. The molecule has 0 radical (unpaired) electrons. The van der Waals surface area contributed by atoms with Crippen molar-refractivity contribution in [3.63, 3.8) is 0 Å². The summed E-state index contributed by atoms with van der Waals surface area (Å²) < 4.78 is 15.4. The Morgan fingerprint density at radius 2 is 1.73 bits per heavy atom. The Morgan fingerprint density at radius 1 is 1.00 bits per heavy atom. The smallest absolute Gasteiger partial charge is 0.163 e. The van der Waals surface area contributed by atoms with Crippen molar-refractivity contribution >= 4 is 11.6 Å². The zero-order chi connectivity index (χ0) is 20.9. The standard InChI is InChI=1S/C24H24FN3O2/c25-21-3-1-2-4-22(21)28-14-11-20(27-28)16-24(30)18-7-5-17(6-8-18)15-23(29)19-9-12-26-13-10-19/h1-4,9-14,17-18H,5-8,15-16H2. The molecule has 0 N–H and O–H groups in total. The molecule has 0 amide bonds. The molecule has 2 heterocycles. The van der Waals surface area contributed by atoms with Gasteiger partial charge in [-0.15, -0.1) is 0 Å². The molecule has 1 fully saturated rings. The quantitative estimate of drug-likeness (QED) is 0.539. The molecule has 1 aliphatic carbocycles. The molecule has 154 valence electrons. The number of para-hydroxylation sites is 1. The lowest BCUT2D eigenvalue weighted by molar-refractivity contribution is -0.123. The molecule has 6 heteroatoms. The first-order valence-electron chi connectivity index (χ1n) is 10.4. The van der Waals surface area contributed by atoms with E-state index in [0.29, 0.717) is 29.3 Å². The minimum absolute atomic E-state index is 0.0101. The van der Waals surface area contributed by atoms with Gasteiger partial charge in [-0.25, -0.2) is 9.07 Å². The van der Waals surface area contributed by atoms with Crippen LogP contribution in [0.5, 0.6) is 0 Å². The number of carbonyl (C=O) groups is 2. The van der Waals surface area contributed by atoms with Gasteiger partial charge in [0.05, 0.1) is 12.1 Å². The van der Waals surface area contributed by atoms with Gasteiger partial charge in [-0.05, 0) is 61.9 Å². The van der Waals surface area contributed by atoms with Crippen LogP contribution in [0.25, 0.3) is 5.69 Å². The number of rotatable bonds is 7. The van der Waals surface area contributed by atoms with Crippen molar-refractivity contribution in [1.82, 2.24) is 14.8 Å². The summed E-state index contributed by atoms with van der Waals surface area (Å²) in [5.41, 5.74) is 1.72. The number of nitrogens with zero attached hydrogens (tertiary/aromatic N) is 3. The second-order valence-corrected chi connectivity index (χ2v) is 7.93. The van der Waals surface area contributed by atoms with Gasteiger partial charge in [-0.1, -0.05) is 12.1 Å². The Labute approximate surface area is 175 Å². The number of carbonyl (C=O) groups excluding carboxylic acids is 2. The minimum Gasteiger partial charge on any atom is -0.299 e. The summed E-state index contributed by atoms with van der Waals surface area (Å²) >= 11 is 0. The van der Waals surface area contributed by atoms with Crippen LogP contribution in [0.3, 0.4) is 0 Å². The van der Waals surface area contributed by atoms with Crippen LogP contribution in [0, 0.1) is 17.7 Å². The van der Waals surface area contributed by atoms with Gasteiger partial charge in [0.25, 0.3) is 0 Å². The van der Waals surface area contributed by atoms with E-state index in [0.717, 1.165) is 25.7 Å². The van der Waals surface area contributed by atoms with Crippen LogP contribution >= 0.6 is 0 Å². The van der Waals surface area contributed by atoms with E-state index in [-0.39, 0.29) is 29.7 Å². The van der Waals surface area contributed by atoms with E-state index < -0.39 is 0 Å². The lowest BCUT2D eigenvalue weighted by Crippen LogP contribution is -2.24. The van der Waals surface area contributed by atoms with Gasteiger partial charge < -0.3 is 0 Å². The first kappa shape index (κ1) is 20.1. The highest BCUT2D eigenvalue weighted by molar-refractivity contribution is 5.96. The Morgan fingerprint density at radius 3 is 2.47 bits per heavy atom. The monoisotopic (exact) mass is 405 g/mol. The Hall–Kier alpha value is -3.15. The van der Waals surface area contributed by atoms with Crippen molar-refractivity contribution in [2.75, 3.05) is 0 Å². The number of halogens is 1. The summed E-state index contributed by atoms with van der Waals surface area (Å²) in [5.74, 6) is 0.308. The van der Waals surface area contributed by atoms with Gasteiger partial charge in [0.2, 0.25) is 0 Å². The minimum atomic E-state index is -0.349. The fourth-order valence-corrected chi connectivity index (χ4v) is 4.16. The van der Waals surface area contributed by atoms with E-state index in [1.165, 1.54) is 10.7 Å². The van der Waals surface area contributed by atoms with Crippen molar-refractivity contribution in [3.8, 4) is 5.69 Å². The van der Waals surface area contributed by atoms with Gasteiger partial charge in [-0.2, -0.15) is 5.10 Å². The van der Waals surface area contributed by atoms with Crippen molar-refractivity contribution in [2.24, 2.45) is 11.8 Å². The molecule has 2 aromatic heterocycles. The van der Waals surface area contributed by atoms with Crippen LogP contribution in [-0.4, -0.2) is 26.3 Å². The number of ketones is 2. The Bertz CT molecular complexity index is 1020. The summed E-state index contributed by atoms with van der Waals surface area (Å²) in [6.07, 6.45) is 9.12. The number of pyridine rings is 1. The largest absolute Gasteiger partial charge is 0.299 e. The molecule has 30 heavy (non-hydrogen) atoms. The maximum atomic E-state index is 13.9. The average Bonchev–Trinajstić information content (AvgIpc) is 3.23. The normalized spacial score (nSPS) is 18.8. The number of benzene rings is 1. The Kier molecular flexibility index (Phi) is 6.12. The fourth-order valence-electron chi connectivity index (χ4n) is 4.16. The van der Waals surface area contributed by atoms with Crippen LogP contribution in [-0.2, 0) is 11.2 Å². The maximum Gasteiger partial charge on any atom is 0.163 e. The van der Waals surface area contributed by atoms with Crippen molar-refractivity contribution in [2.45, 2.75) is 38.5 Å². The molecular formula is C24H24FN3O2. The van der Waals surface area contributed by atoms with Crippen LogP contribution in [0.1, 0.15) is 48.2 Å². The Balaban J connectivity index is 1.29. The molecule has 0 bridgehead atoms. The van der Waals surface area contributed by atoms with Gasteiger partial charge in [0.1, 0.15) is 17.3 Å². The lowest BCUT2D eigenvalue weighted by Gasteiger charge is -2.27. The van der Waals surface area contributed by atoms with E-state index in [1.807, 2.05) is 0 Å². The lowest BCUT2D eigenvalue weighted by atomic mass is 9.77. The van der Waals surface area contributed by atoms with Gasteiger partial charge >= 0.3 is 0 Å². The second-order valence-electron chi connectivity index (χ2n) is 7.93. The second kappa shape index (κ2) is 9.11. The number of hydrogen-bond donors (Lipinski definition) is 0. The molecule has 1 aliphatic rings. The van der Waals surface area contributed by atoms with Gasteiger partial charge in [0.15, 0.2) is 5.78 Å². The summed E-state index contributed by atoms with van der Waals surface area (Å²) in [6.45, 7) is 0. The summed E-state index contributed by atoms with van der Waals surface area (Å²) in [7, 11) is 0. The highest BCUT2D eigenvalue weighted by Crippen LogP contribution is 2.32. The summed E-state index contributed by atoms with van der Waals surface area (Å²) in [4.78, 5) is 29.1. The predicted molar refractivity (Wildman–Crippen MR) is 111 cm³/mol. The number of hydrogen-bond acceptors (Lipinski definition) is 4. The highest BCUT2D eigenvalue weighted by Gasteiger charge is 2.28. The molecular weight excluding hydrogens is 381 g/mol. The summed E-state index contributed by atoms with van der Waals surface area (Å²) in [6, 6.07) is 11.7. The molecule has 1 aromatic carbocycles. The third kappa shape index (κ3) is 4.70. The van der Waals surface area contributed by atoms with E-state index in [4.69, 9.17) is 0 Å². The molecule has 4 rings (SSSR count). The first-order chi connectivity index (χ1) is 14.6. The molecule has 3 aromatic rings. The van der Waals surface area contributed by atoms with Crippen LogP contribution in [0.15, 0.2) is 61.1 Å². The third-order valence-electron chi connectivity index (χ3n) is 5.88. The van der Waals surface area contributed by atoms with Gasteiger partial charge in [0, 0.05) is 36.5 Å². The molecule has 5 nitrogen and oxygen atoms in total. The zero-order valence-corrected chi connectivity index (χ0v) is 16.7. The topological polar surface area (TPSA) is 64.8 Å². The summed E-state index contributed by atoms with van der Waals surface area (Å²) in [5, 5.41) is 4.37. The molecule has 0 saturated heterocycles. The van der Waals surface area contributed by atoms with Crippen molar-refractivity contribution in [1.29, 1.82) is 0 Å². The third-order valence-corrected chi connectivity index (χ3v) is 5.88.